The van der Waals surface area contributed by atoms with E-state index in [2.05, 4.69) is 10.0 Å². The van der Waals surface area contributed by atoms with Crippen LogP contribution in [0.1, 0.15) is 0 Å². The van der Waals surface area contributed by atoms with Crippen LogP contribution in [0.2, 0.25) is 10.0 Å². The average Bonchev–Trinajstić information content (AvgIpc) is 2.11. The monoisotopic (exact) mass is 231 g/mol. The summed E-state index contributed by atoms with van der Waals surface area (Å²) in [4.78, 5) is 2.59. The molecule has 14 heavy (non-hydrogen) atoms. The van der Waals surface area contributed by atoms with E-state index in [0.717, 1.165) is 0 Å². The Bertz CT molecular complexity index is 343. The van der Waals surface area contributed by atoms with E-state index in [1.807, 2.05) is 0 Å². The van der Waals surface area contributed by atoms with Gasteiger partial charge in [0.05, 0.1) is 13.2 Å². The van der Waals surface area contributed by atoms with Crippen molar-refractivity contribution in [1.82, 2.24) is 0 Å². The second-order valence-corrected chi connectivity index (χ2v) is 3.28. The van der Waals surface area contributed by atoms with E-state index >= 15 is 0 Å². The molecule has 0 amide bonds. The van der Waals surface area contributed by atoms with Crippen LogP contribution in [-0.4, -0.2) is 13.2 Å². The summed E-state index contributed by atoms with van der Waals surface area (Å²) in [7, 11) is 0. The van der Waals surface area contributed by atoms with Crippen molar-refractivity contribution in [2.24, 2.45) is 5.11 Å². The Morgan fingerprint density at radius 3 is 2.50 bits per heavy atom. The largest absolute Gasteiger partial charge is 0.493 e. The summed E-state index contributed by atoms with van der Waals surface area (Å²) >= 11 is 11.5. The fraction of sp³-hybridized carbons (Fsp3) is 0.250. The Labute approximate surface area is 91.0 Å². The van der Waals surface area contributed by atoms with Crippen LogP contribution >= 0.6 is 23.2 Å². The molecule has 0 aliphatic heterocycles. The minimum Gasteiger partial charge on any atom is -0.493 e. The van der Waals surface area contributed by atoms with Gasteiger partial charge in [-0.2, -0.15) is 0 Å². The first-order valence-electron chi connectivity index (χ1n) is 3.82. The summed E-state index contributed by atoms with van der Waals surface area (Å²) in [6, 6.07) is 4.90. The molecular formula is C8H7Cl2N3O. The topological polar surface area (TPSA) is 58.0 Å². The lowest BCUT2D eigenvalue weighted by Gasteiger charge is -2.04. The summed E-state index contributed by atoms with van der Waals surface area (Å²) < 4.78 is 5.24. The molecule has 6 heteroatoms. The van der Waals surface area contributed by atoms with Gasteiger partial charge < -0.3 is 4.74 Å². The molecule has 0 saturated heterocycles. The lowest BCUT2D eigenvalue weighted by molar-refractivity contribution is 0.328. The Kier molecular flexibility index (Phi) is 4.40. The second kappa shape index (κ2) is 5.60. The summed E-state index contributed by atoms with van der Waals surface area (Å²) in [5, 5.41) is 4.34. The predicted molar refractivity (Wildman–Crippen MR) is 56.0 cm³/mol. The molecule has 0 N–H and O–H groups in total. The van der Waals surface area contributed by atoms with E-state index in [9.17, 15) is 0 Å². The van der Waals surface area contributed by atoms with Crippen LogP contribution in [0.4, 0.5) is 0 Å². The van der Waals surface area contributed by atoms with Crippen molar-refractivity contribution >= 4 is 23.2 Å². The van der Waals surface area contributed by atoms with Crippen molar-refractivity contribution in [3.8, 4) is 5.75 Å². The zero-order chi connectivity index (χ0) is 10.4. The van der Waals surface area contributed by atoms with Crippen LogP contribution < -0.4 is 4.74 Å². The third-order valence-corrected chi connectivity index (χ3v) is 1.80. The molecule has 0 aliphatic rings. The highest BCUT2D eigenvalue weighted by molar-refractivity contribution is 6.34. The minimum atomic E-state index is 0.278. The normalized spacial score (nSPS) is 9.29. The molecule has 0 aromatic heterocycles. The number of benzene rings is 1. The molecule has 1 aromatic rings. The first-order valence-corrected chi connectivity index (χ1v) is 4.57. The Morgan fingerprint density at radius 2 is 1.93 bits per heavy atom. The van der Waals surface area contributed by atoms with Gasteiger partial charge in [0.15, 0.2) is 0 Å². The maximum absolute atomic E-state index is 8.01. The molecule has 0 unspecified atom stereocenters. The van der Waals surface area contributed by atoms with E-state index in [1.54, 1.807) is 18.2 Å². The van der Waals surface area contributed by atoms with E-state index in [-0.39, 0.29) is 6.54 Å². The van der Waals surface area contributed by atoms with Crippen LogP contribution in [0, 0.1) is 0 Å². The summed E-state index contributed by atoms with van der Waals surface area (Å²) in [6.07, 6.45) is 0. The number of rotatable bonds is 4. The molecule has 0 radical (unpaired) electrons. The number of hydrogen-bond donors (Lipinski definition) is 0. The van der Waals surface area contributed by atoms with E-state index < -0.39 is 0 Å². The van der Waals surface area contributed by atoms with Crippen molar-refractivity contribution in [1.29, 1.82) is 0 Å². The van der Waals surface area contributed by atoms with E-state index in [4.69, 9.17) is 33.5 Å². The fourth-order valence-electron chi connectivity index (χ4n) is 0.861. The van der Waals surface area contributed by atoms with Crippen molar-refractivity contribution in [3.63, 3.8) is 0 Å². The zero-order valence-electron chi connectivity index (χ0n) is 7.15. The van der Waals surface area contributed by atoms with Crippen LogP contribution in [0.5, 0.6) is 5.75 Å². The van der Waals surface area contributed by atoms with Gasteiger partial charge >= 0.3 is 0 Å². The third-order valence-electron chi connectivity index (χ3n) is 1.36. The second-order valence-electron chi connectivity index (χ2n) is 2.41. The van der Waals surface area contributed by atoms with Crippen LogP contribution in [-0.2, 0) is 0 Å². The van der Waals surface area contributed by atoms with Gasteiger partial charge in [0.2, 0.25) is 0 Å². The SMILES string of the molecule is [N-]=[N+]=NCCOc1cc(Cl)cc(Cl)c1. The quantitative estimate of drug-likeness (QED) is 0.338. The minimum absolute atomic E-state index is 0.278. The van der Waals surface area contributed by atoms with Gasteiger partial charge in [-0.1, -0.05) is 28.3 Å². The fourth-order valence-corrected chi connectivity index (χ4v) is 1.37. The summed E-state index contributed by atoms with van der Waals surface area (Å²) in [5.41, 5.74) is 8.01. The average molecular weight is 232 g/mol. The summed E-state index contributed by atoms with van der Waals surface area (Å²) in [6.45, 7) is 0.585. The molecule has 0 heterocycles. The van der Waals surface area contributed by atoms with Crippen LogP contribution in [0.25, 0.3) is 10.4 Å². The Hall–Kier alpha value is -1.09. The van der Waals surface area contributed by atoms with Gasteiger partial charge in [0.1, 0.15) is 5.75 Å². The van der Waals surface area contributed by atoms with Crippen LogP contribution in [0.3, 0.4) is 0 Å². The molecule has 1 rings (SSSR count). The van der Waals surface area contributed by atoms with Gasteiger partial charge in [-0.15, -0.1) is 0 Å². The molecule has 74 valence electrons. The molecule has 0 fully saturated rings. The molecule has 0 saturated carbocycles. The highest BCUT2D eigenvalue weighted by Gasteiger charge is 1.98. The third kappa shape index (κ3) is 3.75. The lowest BCUT2D eigenvalue weighted by Crippen LogP contribution is -1.99. The molecule has 0 aliphatic carbocycles. The van der Waals surface area contributed by atoms with E-state index in [1.165, 1.54) is 0 Å². The molecule has 0 spiro atoms. The van der Waals surface area contributed by atoms with Gasteiger partial charge in [0.25, 0.3) is 0 Å². The first-order chi connectivity index (χ1) is 6.72. The molecular weight excluding hydrogens is 225 g/mol. The smallest absolute Gasteiger partial charge is 0.122 e. The van der Waals surface area contributed by atoms with Gasteiger partial charge in [0, 0.05) is 15.0 Å². The van der Waals surface area contributed by atoms with Crippen molar-refractivity contribution < 1.29 is 4.74 Å². The summed E-state index contributed by atoms with van der Waals surface area (Å²) in [5.74, 6) is 0.565. The van der Waals surface area contributed by atoms with Gasteiger partial charge in [-0.05, 0) is 23.7 Å². The highest BCUT2D eigenvalue weighted by atomic mass is 35.5. The Morgan fingerprint density at radius 1 is 1.29 bits per heavy atom. The maximum Gasteiger partial charge on any atom is 0.122 e. The standard InChI is InChI=1S/C8H7Cl2N3O/c9-6-3-7(10)5-8(4-6)14-2-1-12-13-11/h3-5H,1-2H2. The maximum atomic E-state index is 8.01. The van der Waals surface area contributed by atoms with Crippen molar-refractivity contribution in [2.45, 2.75) is 0 Å². The molecule has 0 bridgehead atoms. The lowest BCUT2D eigenvalue weighted by atomic mass is 10.3. The number of halogens is 2. The molecule has 4 nitrogen and oxygen atoms in total. The Balaban J connectivity index is 2.54. The zero-order valence-corrected chi connectivity index (χ0v) is 8.66. The number of hydrogen-bond acceptors (Lipinski definition) is 2. The van der Waals surface area contributed by atoms with Gasteiger partial charge in [-0.3, -0.25) is 0 Å². The number of ether oxygens (including phenoxy) is 1. The van der Waals surface area contributed by atoms with Crippen LogP contribution in [0.15, 0.2) is 23.3 Å². The van der Waals surface area contributed by atoms with Gasteiger partial charge in [-0.25, -0.2) is 0 Å². The highest BCUT2D eigenvalue weighted by Crippen LogP contribution is 2.23. The van der Waals surface area contributed by atoms with Crippen molar-refractivity contribution in [3.05, 3.63) is 38.7 Å². The number of nitrogens with zero attached hydrogens (tertiary/aromatic N) is 3. The number of azide groups is 1. The van der Waals surface area contributed by atoms with E-state index in [0.29, 0.717) is 22.4 Å². The van der Waals surface area contributed by atoms with Crippen molar-refractivity contribution in [2.75, 3.05) is 13.2 Å². The predicted octanol–water partition coefficient (Wildman–Crippen LogP) is 3.68. The molecule has 1 aromatic carbocycles. The molecule has 0 atom stereocenters. The first kappa shape index (κ1) is 11.0.